The van der Waals surface area contributed by atoms with E-state index in [0.29, 0.717) is 5.92 Å². The van der Waals surface area contributed by atoms with E-state index >= 15 is 0 Å². The van der Waals surface area contributed by atoms with Gasteiger partial charge in [-0.05, 0) is 65.1 Å². The third-order valence-electron chi connectivity index (χ3n) is 11.6. The van der Waals surface area contributed by atoms with Crippen LogP contribution >= 0.6 is 0 Å². The van der Waals surface area contributed by atoms with Crippen LogP contribution in [0.2, 0.25) is 0 Å². The van der Waals surface area contributed by atoms with Gasteiger partial charge in [0.15, 0.2) is 5.84 Å². The number of hydrogen-bond donors (Lipinski definition) is 2. The molecular formula is C51H48N6. The number of nitrogens with one attached hydrogen (secondary N) is 2. The minimum Gasteiger partial charge on any atom is -0.362 e. The summed E-state index contributed by atoms with van der Waals surface area (Å²) in [5.41, 5.74) is 10.2. The number of aliphatic imine (C=N–C) groups is 3. The summed E-state index contributed by atoms with van der Waals surface area (Å²) >= 11 is 0. The smallest absolute Gasteiger partial charge is 0.159 e. The molecule has 5 aliphatic rings. The van der Waals surface area contributed by atoms with Gasteiger partial charge in [-0.25, -0.2) is 15.0 Å². The van der Waals surface area contributed by atoms with Gasteiger partial charge >= 0.3 is 0 Å². The fourth-order valence-electron chi connectivity index (χ4n) is 8.46. The number of rotatable bonds is 8. The largest absolute Gasteiger partial charge is 0.362 e. The van der Waals surface area contributed by atoms with E-state index < -0.39 is 0 Å². The monoisotopic (exact) mass is 744 g/mol. The molecule has 0 spiro atoms. The summed E-state index contributed by atoms with van der Waals surface area (Å²) in [5, 5.41) is 7.43. The molecule has 0 radical (unpaired) electrons. The molecule has 0 saturated carbocycles. The zero-order chi connectivity index (χ0) is 38.6. The number of likely N-dealkylation sites (N-methyl/N-ethyl adjacent to an activating group) is 1. The molecule has 6 heteroatoms. The number of hydrogen-bond acceptors (Lipinski definition) is 6. The van der Waals surface area contributed by atoms with Gasteiger partial charge in [0.05, 0.1) is 5.70 Å². The molecule has 0 bridgehead atoms. The van der Waals surface area contributed by atoms with Crippen LogP contribution in [-0.2, 0) is 0 Å². The van der Waals surface area contributed by atoms with Crippen molar-refractivity contribution in [2.24, 2.45) is 26.8 Å². The predicted octanol–water partition coefficient (Wildman–Crippen LogP) is 10.3. The van der Waals surface area contributed by atoms with Crippen molar-refractivity contribution >= 4 is 17.5 Å². The van der Waals surface area contributed by atoms with E-state index in [4.69, 9.17) is 15.0 Å². The average Bonchev–Trinajstić information content (AvgIpc) is 3.51. The average molecular weight is 745 g/mol. The van der Waals surface area contributed by atoms with Crippen LogP contribution in [0.1, 0.15) is 54.4 Å². The van der Waals surface area contributed by atoms with E-state index in [1.54, 1.807) is 0 Å². The van der Waals surface area contributed by atoms with Crippen molar-refractivity contribution in [1.82, 2.24) is 15.5 Å². The first-order chi connectivity index (χ1) is 28.1. The van der Waals surface area contributed by atoms with Gasteiger partial charge in [-0.2, -0.15) is 0 Å². The van der Waals surface area contributed by atoms with E-state index in [1.165, 1.54) is 16.7 Å². The molecule has 3 aliphatic carbocycles. The van der Waals surface area contributed by atoms with Crippen LogP contribution in [0.3, 0.4) is 0 Å². The molecule has 4 aromatic rings. The summed E-state index contributed by atoms with van der Waals surface area (Å²) in [6.45, 7) is 2.27. The van der Waals surface area contributed by atoms with Crippen molar-refractivity contribution in [3.8, 4) is 11.1 Å². The van der Waals surface area contributed by atoms with Crippen molar-refractivity contribution in [2.45, 2.75) is 44.4 Å². The Morgan fingerprint density at radius 1 is 0.684 bits per heavy atom. The lowest BCUT2D eigenvalue weighted by Gasteiger charge is -2.37. The van der Waals surface area contributed by atoms with Crippen molar-refractivity contribution in [2.75, 3.05) is 7.05 Å². The van der Waals surface area contributed by atoms with Crippen molar-refractivity contribution in [3.05, 3.63) is 215 Å². The molecule has 9 rings (SSSR count). The number of allylic oxidation sites excluding steroid dienone is 10. The molecule has 5 atom stereocenters. The Bertz CT molecular complexity index is 2440. The van der Waals surface area contributed by atoms with E-state index in [2.05, 4.69) is 206 Å². The highest BCUT2D eigenvalue weighted by Gasteiger charge is 2.33. The molecule has 6 nitrogen and oxygen atoms in total. The third kappa shape index (κ3) is 7.68. The van der Waals surface area contributed by atoms with E-state index in [1.807, 2.05) is 0 Å². The molecule has 0 amide bonds. The van der Waals surface area contributed by atoms with Crippen molar-refractivity contribution in [3.63, 3.8) is 0 Å². The lowest BCUT2D eigenvalue weighted by atomic mass is 9.83. The summed E-state index contributed by atoms with van der Waals surface area (Å²) in [4.78, 5) is 18.3. The Morgan fingerprint density at radius 3 is 2.16 bits per heavy atom. The zero-order valence-corrected chi connectivity index (χ0v) is 32.5. The highest BCUT2D eigenvalue weighted by molar-refractivity contribution is 6.13. The molecule has 0 fully saturated rings. The second kappa shape index (κ2) is 16.3. The Balaban J connectivity index is 1.07. The number of nitrogens with zero attached hydrogens (tertiary/aromatic N) is 4. The van der Waals surface area contributed by atoms with Crippen LogP contribution < -0.4 is 10.6 Å². The molecular weight excluding hydrogens is 697 g/mol. The Labute approximate surface area is 336 Å². The SMILES string of the molecule is CC1C=CC=CC1C1N=C(c2cccc(-c3cccc(C4=NC(C5=CC=CCC5c5ccccc5)N(C)C(c5ccccc5)=N4)c3)c2)NC=C(C2=CC=CCC2)N1. The summed E-state index contributed by atoms with van der Waals surface area (Å²) in [7, 11) is 2.12. The fraction of sp³-hybridized carbons (Fsp3) is 0.196. The topological polar surface area (TPSA) is 64.4 Å². The zero-order valence-electron chi connectivity index (χ0n) is 32.5. The van der Waals surface area contributed by atoms with Crippen LogP contribution in [0.15, 0.2) is 208 Å². The van der Waals surface area contributed by atoms with Crippen LogP contribution in [0, 0.1) is 11.8 Å². The second-order valence-electron chi connectivity index (χ2n) is 15.3. The summed E-state index contributed by atoms with van der Waals surface area (Å²) in [6.07, 6.45) is 26.9. The molecule has 2 heterocycles. The third-order valence-corrected chi connectivity index (χ3v) is 11.6. The van der Waals surface area contributed by atoms with Crippen LogP contribution in [0.5, 0.6) is 0 Å². The molecule has 5 unspecified atom stereocenters. The van der Waals surface area contributed by atoms with Gasteiger partial charge in [0.25, 0.3) is 0 Å². The van der Waals surface area contributed by atoms with Gasteiger partial charge in [-0.1, -0.05) is 165 Å². The molecule has 2 aliphatic heterocycles. The maximum Gasteiger partial charge on any atom is 0.159 e. The Hall–Kier alpha value is -6.53. The highest BCUT2D eigenvalue weighted by atomic mass is 15.3. The Morgan fingerprint density at radius 2 is 1.39 bits per heavy atom. The number of amidine groups is 3. The van der Waals surface area contributed by atoms with Gasteiger partial charge in [-0.3, -0.25) is 0 Å². The predicted molar refractivity (Wildman–Crippen MR) is 236 cm³/mol. The standard InChI is InChI=1S/C51H48N6/c1-35-18-12-13-29-43(35)49-53-46(37-21-8-4-9-22-37)34-52-47(54-49)41-27-16-25-39(32-41)40-26-17-28-42(33-40)48-55-50(38-23-10-5-11-24-38)57(2)51(56-48)45-31-15-14-30-44(45)36-19-6-3-7-20-36/h3-8,10-21,23-29,31-35,43-44,49,51,53H,9,22,30H2,1-2H3,(H,52,54). The van der Waals surface area contributed by atoms with E-state index in [9.17, 15) is 0 Å². The number of benzene rings is 4. The summed E-state index contributed by atoms with van der Waals surface area (Å²) in [5.74, 6) is 3.29. The van der Waals surface area contributed by atoms with Crippen molar-refractivity contribution < 1.29 is 0 Å². The molecule has 2 N–H and O–H groups in total. The lowest BCUT2D eigenvalue weighted by Crippen LogP contribution is -2.43. The minimum absolute atomic E-state index is 0.125. The summed E-state index contributed by atoms with van der Waals surface area (Å²) < 4.78 is 0. The van der Waals surface area contributed by atoms with Gasteiger partial charge in [0.1, 0.15) is 24.0 Å². The maximum atomic E-state index is 5.44. The van der Waals surface area contributed by atoms with E-state index in [0.717, 1.165) is 70.3 Å². The maximum absolute atomic E-state index is 5.44. The van der Waals surface area contributed by atoms with E-state index in [-0.39, 0.29) is 24.2 Å². The molecule has 57 heavy (non-hydrogen) atoms. The first kappa shape index (κ1) is 36.1. The van der Waals surface area contributed by atoms with Gasteiger partial charge in [0.2, 0.25) is 0 Å². The fourth-order valence-corrected chi connectivity index (χ4v) is 8.46. The Kier molecular flexibility index (Phi) is 10.3. The first-order valence-corrected chi connectivity index (χ1v) is 20.2. The molecule has 0 saturated heterocycles. The first-order valence-electron chi connectivity index (χ1n) is 20.2. The van der Waals surface area contributed by atoms with Crippen LogP contribution in [-0.4, -0.2) is 41.8 Å². The minimum atomic E-state index is -0.216. The summed E-state index contributed by atoms with van der Waals surface area (Å²) in [6, 6.07) is 38.6. The quantitative estimate of drug-likeness (QED) is 0.189. The van der Waals surface area contributed by atoms with Gasteiger partial charge in [-0.15, -0.1) is 0 Å². The highest BCUT2D eigenvalue weighted by Crippen LogP contribution is 2.37. The van der Waals surface area contributed by atoms with Crippen LogP contribution in [0.25, 0.3) is 11.1 Å². The molecule has 282 valence electrons. The lowest BCUT2D eigenvalue weighted by molar-refractivity contribution is 0.383. The van der Waals surface area contributed by atoms with Gasteiger partial charge in [0, 0.05) is 41.8 Å². The molecule has 0 aromatic heterocycles. The van der Waals surface area contributed by atoms with Crippen molar-refractivity contribution in [1.29, 1.82) is 0 Å². The second-order valence-corrected chi connectivity index (χ2v) is 15.3. The van der Waals surface area contributed by atoms with Gasteiger partial charge < -0.3 is 15.5 Å². The normalized spacial score (nSPS) is 24.2. The van der Waals surface area contributed by atoms with Crippen LogP contribution in [0.4, 0.5) is 0 Å². The molecule has 4 aromatic carbocycles.